The summed E-state index contributed by atoms with van der Waals surface area (Å²) in [6, 6.07) is 12.7. The molecule has 184 valence electrons. The summed E-state index contributed by atoms with van der Waals surface area (Å²) in [5.41, 5.74) is 4.11. The van der Waals surface area contributed by atoms with Crippen molar-refractivity contribution in [1.29, 1.82) is 0 Å². The lowest BCUT2D eigenvalue weighted by atomic mass is 9.83. The Hall–Kier alpha value is -3.61. The Kier molecular flexibility index (Phi) is 7.85. The number of likely N-dealkylation sites (N-methyl/N-ethyl adjacent to an activating group) is 1. The van der Waals surface area contributed by atoms with Gasteiger partial charge in [0.2, 0.25) is 5.91 Å². The number of carbonyl (C=O) groups is 2. The van der Waals surface area contributed by atoms with Crippen LogP contribution in [0, 0.1) is 19.8 Å². The molecule has 0 aliphatic heterocycles. The lowest BCUT2D eigenvalue weighted by Gasteiger charge is -2.29. The SMILES string of the molecule is CNC(=O)C(NC(=O)c1ccc(-c2ccc(OCc3cc(C)cc(C)c3)cn2)o1)C1CCCCC1. The van der Waals surface area contributed by atoms with Gasteiger partial charge in [0.25, 0.3) is 5.91 Å². The first kappa shape index (κ1) is 24.5. The first-order chi connectivity index (χ1) is 16.9. The topological polar surface area (TPSA) is 93.5 Å². The quantitative estimate of drug-likeness (QED) is 0.480. The fourth-order valence-electron chi connectivity index (χ4n) is 4.76. The number of aromatic nitrogens is 1. The molecular formula is C28H33N3O4. The van der Waals surface area contributed by atoms with Gasteiger partial charge in [-0.05, 0) is 62.4 Å². The van der Waals surface area contributed by atoms with Gasteiger partial charge < -0.3 is 19.8 Å². The number of benzene rings is 1. The highest BCUT2D eigenvalue weighted by Crippen LogP contribution is 2.27. The van der Waals surface area contributed by atoms with Gasteiger partial charge in [-0.3, -0.25) is 9.59 Å². The van der Waals surface area contributed by atoms with Crippen molar-refractivity contribution in [2.45, 2.75) is 58.6 Å². The van der Waals surface area contributed by atoms with E-state index in [2.05, 4.69) is 47.7 Å². The number of carbonyl (C=O) groups excluding carboxylic acids is 2. The van der Waals surface area contributed by atoms with E-state index in [1.165, 1.54) is 17.5 Å². The number of hydrogen-bond acceptors (Lipinski definition) is 5. The largest absolute Gasteiger partial charge is 0.487 e. The molecule has 1 atom stereocenters. The van der Waals surface area contributed by atoms with Crippen molar-refractivity contribution in [2.24, 2.45) is 5.92 Å². The molecule has 0 saturated heterocycles. The fourth-order valence-corrected chi connectivity index (χ4v) is 4.76. The molecule has 2 N–H and O–H groups in total. The van der Waals surface area contributed by atoms with E-state index in [1.54, 1.807) is 31.4 Å². The molecule has 1 aliphatic carbocycles. The first-order valence-electron chi connectivity index (χ1n) is 12.2. The third kappa shape index (κ3) is 6.29. The average molecular weight is 476 g/mol. The lowest BCUT2D eigenvalue weighted by molar-refractivity contribution is -0.124. The molecule has 0 spiro atoms. The smallest absolute Gasteiger partial charge is 0.287 e. The molecule has 1 aromatic carbocycles. The Bertz CT molecular complexity index is 1140. The normalized spacial score (nSPS) is 14.8. The highest BCUT2D eigenvalue weighted by Gasteiger charge is 2.31. The van der Waals surface area contributed by atoms with E-state index in [4.69, 9.17) is 9.15 Å². The number of rotatable bonds is 8. The second kappa shape index (κ2) is 11.2. The van der Waals surface area contributed by atoms with Crippen LogP contribution in [-0.4, -0.2) is 29.9 Å². The van der Waals surface area contributed by atoms with Crippen LogP contribution in [0.25, 0.3) is 11.5 Å². The molecule has 1 saturated carbocycles. The van der Waals surface area contributed by atoms with Gasteiger partial charge in [0.1, 0.15) is 24.1 Å². The summed E-state index contributed by atoms with van der Waals surface area (Å²) in [7, 11) is 1.59. The van der Waals surface area contributed by atoms with Gasteiger partial charge in [0, 0.05) is 7.05 Å². The molecule has 1 fully saturated rings. The highest BCUT2D eigenvalue weighted by molar-refractivity contribution is 5.96. The predicted molar refractivity (Wildman–Crippen MR) is 134 cm³/mol. The van der Waals surface area contributed by atoms with Crippen LogP contribution in [0.5, 0.6) is 5.75 Å². The lowest BCUT2D eigenvalue weighted by Crippen LogP contribution is -2.50. The third-order valence-electron chi connectivity index (χ3n) is 6.44. The molecule has 1 unspecified atom stereocenters. The molecule has 7 nitrogen and oxygen atoms in total. The molecule has 1 aliphatic rings. The van der Waals surface area contributed by atoms with Crippen molar-refractivity contribution in [1.82, 2.24) is 15.6 Å². The van der Waals surface area contributed by atoms with Gasteiger partial charge in [0.15, 0.2) is 11.5 Å². The number of aryl methyl sites for hydroxylation is 2. The molecule has 7 heteroatoms. The Morgan fingerprint density at radius 2 is 1.80 bits per heavy atom. The number of nitrogens with one attached hydrogen (secondary N) is 2. The van der Waals surface area contributed by atoms with E-state index in [1.807, 2.05) is 6.07 Å². The van der Waals surface area contributed by atoms with Gasteiger partial charge in [-0.1, -0.05) is 48.6 Å². The minimum absolute atomic E-state index is 0.139. The summed E-state index contributed by atoms with van der Waals surface area (Å²) in [5.74, 6) is 0.851. The maximum Gasteiger partial charge on any atom is 0.287 e. The van der Waals surface area contributed by atoms with Crippen molar-refractivity contribution < 1.29 is 18.7 Å². The predicted octanol–water partition coefficient (Wildman–Crippen LogP) is 4.96. The summed E-state index contributed by atoms with van der Waals surface area (Å²) in [5, 5.41) is 5.56. The number of ether oxygens (including phenoxy) is 1. The van der Waals surface area contributed by atoms with Crippen LogP contribution >= 0.6 is 0 Å². The maximum absolute atomic E-state index is 12.9. The maximum atomic E-state index is 12.9. The molecule has 0 bridgehead atoms. The summed E-state index contributed by atoms with van der Waals surface area (Å²) >= 11 is 0. The minimum atomic E-state index is -0.562. The molecule has 2 aromatic heterocycles. The van der Waals surface area contributed by atoms with Crippen molar-refractivity contribution in [3.05, 3.63) is 71.1 Å². The number of nitrogens with zero attached hydrogens (tertiary/aromatic N) is 1. The standard InChI is InChI=1S/C28H33N3O4/c1-18-13-19(2)15-20(14-18)17-34-22-9-10-23(30-16-22)24-11-12-25(35-24)27(32)31-26(28(33)29-3)21-7-5-4-6-8-21/h9-16,21,26H,4-8,17H2,1-3H3,(H,29,33)(H,31,32). The first-order valence-corrected chi connectivity index (χ1v) is 12.2. The number of hydrogen-bond donors (Lipinski definition) is 2. The minimum Gasteiger partial charge on any atom is -0.487 e. The van der Waals surface area contributed by atoms with Crippen molar-refractivity contribution in [3.63, 3.8) is 0 Å². The monoisotopic (exact) mass is 475 g/mol. The van der Waals surface area contributed by atoms with Crippen molar-refractivity contribution >= 4 is 11.8 Å². The third-order valence-corrected chi connectivity index (χ3v) is 6.44. The fraction of sp³-hybridized carbons (Fsp3) is 0.393. The van der Waals surface area contributed by atoms with E-state index >= 15 is 0 Å². The Balaban J connectivity index is 1.39. The van der Waals surface area contributed by atoms with Crippen LogP contribution in [0.2, 0.25) is 0 Å². The van der Waals surface area contributed by atoms with Crippen LogP contribution in [0.15, 0.2) is 53.1 Å². The molecule has 0 radical (unpaired) electrons. The summed E-state index contributed by atoms with van der Waals surface area (Å²) in [4.78, 5) is 29.7. The zero-order valence-corrected chi connectivity index (χ0v) is 20.6. The summed E-state index contributed by atoms with van der Waals surface area (Å²) in [6.07, 6.45) is 6.84. The molecule has 35 heavy (non-hydrogen) atoms. The Morgan fingerprint density at radius 1 is 1.06 bits per heavy atom. The van der Waals surface area contributed by atoms with E-state index in [9.17, 15) is 9.59 Å². The van der Waals surface area contributed by atoms with Gasteiger partial charge in [-0.25, -0.2) is 4.98 Å². The summed E-state index contributed by atoms with van der Waals surface area (Å²) in [6.45, 7) is 4.60. The molecular weight excluding hydrogens is 442 g/mol. The number of amides is 2. The zero-order valence-electron chi connectivity index (χ0n) is 20.6. The molecule has 2 heterocycles. The van der Waals surface area contributed by atoms with Gasteiger partial charge in [-0.2, -0.15) is 0 Å². The van der Waals surface area contributed by atoms with E-state index < -0.39 is 11.9 Å². The summed E-state index contributed by atoms with van der Waals surface area (Å²) < 4.78 is 11.7. The van der Waals surface area contributed by atoms with E-state index in [0.29, 0.717) is 23.8 Å². The van der Waals surface area contributed by atoms with Gasteiger partial charge in [-0.15, -0.1) is 0 Å². The van der Waals surface area contributed by atoms with Crippen LogP contribution < -0.4 is 15.4 Å². The zero-order chi connectivity index (χ0) is 24.8. The van der Waals surface area contributed by atoms with Crippen LogP contribution in [0.1, 0.15) is 59.3 Å². The van der Waals surface area contributed by atoms with Gasteiger partial charge in [0.05, 0.1) is 6.20 Å². The molecule has 4 rings (SSSR count). The second-order valence-corrected chi connectivity index (χ2v) is 9.29. The Morgan fingerprint density at radius 3 is 2.46 bits per heavy atom. The van der Waals surface area contributed by atoms with E-state index in [0.717, 1.165) is 31.2 Å². The Labute approximate surface area is 206 Å². The number of pyridine rings is 1. The van der Waals surface area contributed by atoms with Crippen molar-refractivity contribution in [2.75, 3.05) is 7.05 Å². The van der Waals surface area contributed by atoms with Gasteiger partial charge >= 0.3 is 0 Å². The van der Waals surface area contributed by atoms with Crippen LogP contribution in [-0.2, 0) is 11.4 Å². The molecule has 2 amide bonds. The van der Waals surface area contributed by atoms with Crippen molar-refractivity contribution in [3.8, 4) is 17.2 Å². The number of furan rings is 1. The average Bonchev–Trinajstić information content (AvgIpc) is 3.36. The van der Waals surface area contributed by atoms with Crippen LogP contribution in [0.4, 0.5) is 0 Å². The second-order valence-electron chi connectivity index (χ2n) is 9.29. The van der Waals surface area contributed by atoms with Crippen LogP contribution in [0.3, 0.4) is 0 Å². The highest BCUT2D eigenvalue weighted by atomic mass is 16.5. The van der Waals surface area contributed by atoms with E-state index in [-0.39, 0.29) is 17.6 Å². The molecule has 3 aromatic rings.